The van der Waals surface area contributed by atoms with Gasteiger partial charge < -0.3 is 19.5 Å². The van der Waals surface area contributed by atoms with Gasteiger partial charge in [-0.2, -0.15) is 0 Å². The first-order valence-electron chi connectivity index (χ1n) is 7.77. The number of carbonyl (C=O) groups is 1. The molecule has 2 saturated carbocycles. The van der Waals surface area contributed by atoms with E-state index in [4.69, 9.17) is 14.2 Å². The Labute approximate surface area is 130 Å². The highest BCUT2D eigenvalue weighted by molar-refractivity contribution is 5.95. The van der Waals surface area contributed by atoms with Crippen LogP contribution in [0.3, 0.4) is 0 Å². The Balaban J connectivity index is 1.80. The molecule has 2 aliphatic carbocycles. The summed E-state index contributed by atoms with van der Waals surface area (Å²) in [6.45, 7) is 0. The van der Waals surface area contributed by atoms with Gasteiger partial charge in [-0.15, -0.1) is 0 Å². The summed E-state index contributed by atoms with van der Waals surface area (Å²) in [6, 6.07) is 3.71. The molecular weight excluding hydrogens is 282 g/mol. The molecule has 2 fully saturated rings. The molecule has 1 aromatic carbocycles. The second-order valence-corrected chi connectivity index (χ2v) is 6.17. The fourth-order valence-corrected chi connectivity index (χ4v) is 3.89. The molecule has 2 aliphatic rings. The van der Waals surface area contributed by atoms with Crippen molar-refractivity contribution in [2.75, 3.05) is 21.3 Å². The van der Waals surface area contributed by atoms with Crippen LogP contribution in [0.15, 0.2) is 12.1 Å². The molecule has 3 atom stereocenters. The number of ether oxygens (including phenoxy) is 3. The number of methoxy groups -OCH3 is 3. The average Bonchev–Trinajstić information content (AvgIpc) is 3.15. The predicted octanol–water partition coefficient (Wildman–Crippen LogP) is 2.63. The Hall–Kier alpha value is -1.91. The first-order chi connectivity index (χ1) is 10.7. The van der Waals surface area contributed by atoms with Crippen molar-refractivity contribution in [2.45, 2.75) is 31.7 Å². The van der Waals surface area contributed by atoms with E-state index in [2.05, 4.69) is 5.32 Å². The number of hydrogen-bond donors (Lipinski definition) is 1. The van der Waals surface area contributed by atoms with Crippen LogP contribution in [-0.4, -0.2) is 33.3 Å². The minimum absolute atomic E-state index is 0.0724. The molecular formula is C17H23NO4. The van der Waals surface area contributed by atoms with Crippen molar-refractivity contribution in [1.29, 1.82) is 0 Å². The zero-order valence-electron chi connectivity index (χ0n) is 13.3. The Morgan fingerprint density at radius 1 is 1.05 bits per heavy atom. The van der Waals surface area contributed by atoms with Gasteiger partial charge in [0.2, 0.25) is 5.75 Å². The van der Waals surface area contributed by atoms with Crippen LogP contribution in [0.2, 0.25) is 0 Å². The van der Waals surface area contributed by atoms with Gasteiger partial charge in [-0.3, -0.25) is 4.79 Å². The topological polar surface area (TPSA) is 56.8 Å². The normalized spacial score (nSPS) is 25.9. The predicted molar refractivity (Wildman–Crippen MR) is 82.8 cm³/mol. The van der Waals surface area contributed by atoms with Gasteiger partial charge in [-0.1, -0.05) is 6.42 Å². The molecule has 0 aromatic heterocycles. The second-order valence-electron chi connectivity index (χ2n) is 6.17. The smallest absolute Gasteiger partial charge is 0.251 e. The summed E-state index contributed by atoms with van der Waals surface area (Å²) in [5, 5.41) is 3.18. The fraction of sp³-hybridized carbons (Fsp3) is 0.588. The Bertz CT molecular complexity index is 547. The van der Waals surface area contributed by atoms with Crippen molar-refractivity contribution >= 4 is 5.91 Å². The summed E-state index contributed by atoms with van der Waals surface area (Å²) in [6.07, 6.45) is 4.94. The molecule has 0 unspecified atom stereocenters. The Kier molecular flexibility index (Phi) is 4.14. The number of fused-ring (bicyclic) bond motifs is 2. The summed E-state index contributed by atoms with van der Waals surface area (Å²) < 4.78 is 15.9. The number of benzene rings is 1. The molecule has 2 bridgehead atoms. The lowest BCUT2D eigenvalue weighted by Gasteiger charge is -2.23. The minimum Gasteiger partial charge on any atom is -0.493 e. The van der Waals surface area contributed by atoms with Gasteiger partial charge in [0.15, 0.2) is 11.5 Å². The molecule has 0 spiro atoms. The lowest BCUT2D eigenvalue weighted by atomic mass is 9.95. The van der Waals surface area contributed by atoms with Crippen molar-refractivity contribution in [3.8, 4) is 17.2 Å². The van der Waals surface area contributed by atoms with Gasteiger partial charge >= 0.3 is 0 Å². The summed E-state index contributed by atoms with van der Waals surface area (Å²) in [5.41, 5.74) is 0.539. The standard InChI is InChI=1S/C17H23NO4/c1-20-14-8-12(9-15(21-2)16(14)22-3)17(19)18-13-7-10-4-5-11(13)6-10/h8-11,13H,4-7H2,1-3H3,(H,18,19)/t10-,11-,13-/m0/s1. The monoisotopic (exact) mass is 305 g/mol. The van der Waals surface area contributed by atoms with Gasteiger partial charge in [0, 0.05) is 11.6 Å². The summed E-state index contributed by atoms with van der Waals surface area (Å²) in [7, 11) is 4.65. The van der Waals surface area contributed by atoms with E-state index in [0.29, 0.717) is 34.8 Å². The highest BCUT2D eigenvalue weighted by Crippen LogP contribution is 2.44. The van der Waals surface area contributed by atoms with E-state index in [-0.39, 0.29) is 5.91 Å². The number of nitrogens with one attached hydrogen (secondary N) is 1. The molecule has 1 amide bonds. The van der Waals surface area contributed by atoms with E-state index in [1.165, 1.54) is 19.3 Å². The molecule has 0 saturated heterocycles. The molecule has 22 heavy (non-hydrogen) atoms. The number of amides is 1. The third-order valence-electron chi connectivity index (χ3n) is 4.98. The maximum absolute atomic E-state index is 12.5. The van der Waals surface area contributed by atoms with E-state index in [1.807, 2.05) is 0 Å². The highest BCUT2D eigenvalue weighted by atomic mass is 16.5. The van der Waals surface area contributed by atoms with Crippen LogP contribution in [0.1, 0.15) is 36.0 Å². The van der Waals surface area contributed by atoms with E-state index < -0.39 is 0 Å². The van der Waals surface area contributed by atoms with Crippen LogP contribution in [-0.2, 0) is 0 Å². The van der Waals surface area contributed by atoms with Crippen LogP contribution >= 0.6 is 0 Å². The first-order valence-corrected chi connectivity index (χ1v) is 7.77. The minimum atomic E-state index is -0.0724. The van der Waals surface area contributed by atoms with Crippen LogP contribution in [0.25, 0.3) is 0 Å². The first kappa shape index (κ1) is 15.0. The number of rotatable bonds is 5. The second kappa shape index (κ2) is 6.07. The molecule has 0 radical (unpaired) electrons. The molecule has 5 nitrogen and oxygen atoms in total. The van der Waals surface area contributed by atoms with Crippen molar-refractivity contribution in [3.63, 3.8) is 0 Å². The molecule has 3 rings (SSSR count). The van der Waals surface area contributed by atoms with E-state index in [0.717, 1.165) is 12.3 Å². The van der Waals surface area contributed by atoms with Gasteiger partial charge in [-0.25, -0.2) is 0 Å². The SMILES string of the molecule is COc1cc(C(=O)N[C@H]2C[C@H]3CC[C@H]2C3)cc(OC)c1OC. The molecule has 5 heteroatoms. The summed E-state index contributed by atoms with van der Waals surface area (Å²) in [4.78, 5) is 12.5. The lowest BCUT2D eigenvalue weighted by molar-refractivity contribution is 0.0922. The fourth-order valence-electron chi connectivity index (χ4n) is 3.89. The third kappa shape index (κ3) is 2.60. The van der Waals surface area contributed by atoms with Crippen molar-refractivity contribution in [3.05, 3.63) is 17.7 Å². The molecule has 0 heterocycles. The van der Waals surface area contributed by atoms with E-state index in [1.54, 1.807) is 33.5 Å². The molecule has 1 N–H and O–H groups in total. The van der Waals surface area contributed by atoms with Gasteiger partial charge in [-0.05, 0) is 43.2 Å². The van der Waals surface area contributed by atoms with Crippen molar-refractivity contribution in [2.24, 2.45) is 11.8 Å². The summed E-state index contributed by atoms with van der Waals surface area (Å²) >= 11 is 0. The highest BCUT2D eigenvalue weighted by Gasteiger charge is 2.40. The zero-order valence-corrected chi connectivity index (χ0v) is 13.3. The molecule has 0 aliphatic heterocycles. The third-order valence-corrected chi connectivity index (χ3v) is 4.98. The summed E-state index contributed by atoms with van der Waals surface area (Å²) in [5.74, 6) is 2.88. The molecule has 1 aromatic rings. The Morgan fingerprint density at radius 2 is 1.73 bits per heavy atom. The van der Waals surface area contributed by atoms with Crippen LogP contribution in [0, 0.1) is 11.8 Å². The van der Waals surface area contributed by atoms with Crippen LogP contribution < -0.4 is 19.5 Å². The van der Waals surface area contributed by atoms with Gasteiger partial charge in [0.05, 0.1) is 21.3 Å². The van der Waals surface area contributed by atoms with Crippen LogP contribution in [0.4, 0.5) is 0 Å². The van der Waals surface area contributed by atoms with Gasteiger partial charge in [0.1, 0.15) is 0 Å². The largest absolute Gasteiger partial charge is 0.493 e. The average molecular weight is 305 g/mol. The van der Waals surface area contributed by atoms with E-state index >= 15 is 0 Å². The maximum atomic E-state index is 12.5. The van der Waals surface area contributed by atoms with Crippen molar-refractivity contribution < 1.29 is 19.0 Å². The number of carbonyl (C=O) groups excluding carboxylic acids is 1. The quantitative estimate of drug-likeness (QED) is 0.908. The van der Waals surface area contributed by atoms with E-state index in [9.17, 15) is 4.79 Å². The number of hydrogen-bond acceptors (Lipinski definition) is 4. The van der Waals surface area contributed by atoms with Crippen molar-refractivity contribution in [1.82, 2.24) is 5.32 Å². The van der Waals surface area contributed by atoms with Gasteiger partial charge in [0.25, 0.3) is 5.91 Å². The molecule has 120 valence electrons. The Morgan fingerprint density at radius 3 is 2.18 bits per heavy atom. The van der Waals surface area contributed by atoms with Crippen LogP contribution in [0.5, 0.6) is 17.2 Å². The lowest BCUT2D eigenvalue weighted by Crippen LogP contribution is -2.38. The maximum Gasteiger partial charge on any atom is 0.251 e. The zero-order chi connectivity index (χ0) is 15.7.